The predicted molar refractivity (Wildman–Crippen MR) is 115 cm³/mol. The summed E-state index contributed by atoms with van der Waals surface area (Å²) in [7, 11) is -3.34. The third-order valence-electron chi connectivity index (χ3n) is 6.06. The number of carbonyl (C=O) groups excluding carboxylic acids is 1. The molecule has 31 heavy (non-hydrogen) atoms. The van der Waals surface area contributed by atoms with Gasteiger partial charge in [-0.2, -0.15) is 0 Å². The highest BCUT2D eigenvalue weighted by Gasteiger charge is 2.47. The quantitative estimate of drug-likeness (QED) is 0.760. The van der Waals surface area contributed by atoms with Gasteiger partial charge in [0.1, 0.15) is 11.6 Å². The van der Waals surface area contributed by atoms with E-state index in [2.05, 4.69) is 4.72 Å². The van der Waals surface area contributed by atoms with Crippen molar-refractivity contribution in [3.63, 3.8) is 0 Å². The normalized spacial score (nSPS) is 23.6. The molecule has 8 heteroatoms. The van der Waals surface area contributed by atoms with E-state index in [9.17, 15) is 22.0 Å². The van der Waals surface area contributed by atoms with Crippen LogP contribution in [0, 0.1) is 24.5 Å². The largest absolute Gasteiger partial charge is 0.341 e. The van der Waals surface area contributed by atoms with E-state index in [0.29, 0.717) is 31.5 Å². The third kappa shape index (κ3) is 4.80. The van der Waals surface area contributed by atoms with Crippen LogP contribution in [0.3, 0.4) is 0 Å². The average Bonchev–Trinajstić information content (AvgIpc) is 3.47. The van der Waals surface area contributed by atoms with E-state index >= 15 is 0 Å². The number of hydrogen-bond acceptors (Lipinski definition) is 3. The summed E-state index contributed by atoms with van der Waals surface area (Å²) in [6.45, 7) is 2.80. The Hall–Kier alpha value is -2.32. The number of nitrogens with one attached hydrogen (secondary N) is 1. The minimum atomic E-state index is -3.34. The number of sulfonamides is 1. The number of benzene rings is 2. The topological polar surface area (TPSA) is 66.5 Å². The molecule has 1 amide bonds. The number of likely N-dealkylation sites (tertiary alicyclic amines) is 1. The first kappa shape index (κ1) is 21.9. The number of aryl methyl sites for hydroxylation is 1. The molecular formula is C23H26F2N2O3S. The minimum absolute atomic E-state index is 0.0227. The van der Waals surface area contributed by atoms with Gasteiger partial charge in [0, 0.05) is 25.0 Å². The minimum Gasteiger partial charge on any atom is -0.341 e. The van der Waals surface area contributed by atoms with Gasteiger partial charge in [0.25, 0.3) is 0 Å². The first-order chi connectivity index (χ1) is 14.6. The SMILES string of the molecule is Cc1ccc([C@@H]2C[C@H]2C(=O)N2CCC[C@H](NS(C)(=O)=O)C2)c(-c2c(F)cccc2F)c1. The van der Waals surface area contributed by atoms with E-state index in [1.807, 2.05) is 19.1 Å². The summed E-state index contributed by atoms with van der Waals surface area (Å²) >= 11 is 0. The number of carbonyl (C=O) groups is 1. The molecule has 1 saturated carbocycles. The van der Waals surface area contributed by atoms with E-state index < -0.39 is 21.7 Å². The van der Waals surface area contributed by atoms with Crippen molar-refractivity contribution in [2.24, 2.45) is 5.92 Å². The van der Waals surface area contributed by atoms with E-state index in [1.54, 1.807) is 11.0 Å². The Labute approximate surface area is 181 Å². The average molecular weight is 449 g/mol. The summed E-state index contributed by atoms with van der Waals surface area (Å²) in [5, 5.41) is 0. The molecule has 2 fully saturated rings. The van der Waals surface area contributed by atoms with E-state index in [0.717, 1.165) is 23.8 Å². The number of amides is 1. The number of halogens is 2. The lowest BCUT2D eigenvalue weighted by molar-refractivity contribution is -0.133. The highest BCUT2D eigenvalue weighted by Crippen LogP contribution is 2.52. The summed E-state index contributed by atoms with van der Waals surface area (Å²) in [6.07, 6.45) is 3.16. The standard InChI is InChI=1S/C23H26F2N2O3S/c1-14-8-9-16(18(11-14)22-20(24)6-3-7-21(22)25)17-12-19(17)23(28)27-10-4-5-15(13-27)26-31(2,29)30/h3,6-9,11,15,17,19,26H,4-5,10,12-13H2,1-2H3/t15-,17-,19+/m0/s1. The van der Waals surface area contributed by atoms with Crippen molar-refractivity contribution in [2.45, 2.75) is 38.1 Å². The van der Waals surface area contributed by atoms with Crippen LogP contribution in [0.15, 0.2) is 36.4 Å². The van der Waals surface area contributed by atoms with Crippen LogP contribution in [0.25, 0.3) is 11.1 Å². The van der Waals surface area contributed by atoms with Crippen molar-refractivity contribution < 1.29 is 22.0 Å². The third-order valence-corrected chi connectivity index (χ3v) is 6.82. The molecule has 166 valence electrons. The van der Waals surface area contributed by atoms with Crippen molar-refractivity contribution >= 4 is 15.9 Å². The van der Waals surface area contributed by atoms with E-state index in [1.165, 1.54) is 18.2 Å². The zero-order chi connectivity index (χ0) is 22.3. The van der Waals surface area contributed by atoms with Crippen LogP contribution in [-0.2, 0) is 14.8 Å². The Morgan fingerprint density at radius 2 is 1.87 bits per heavy atom. The number of piperidine rings is 1. The van der Waals surface area contributed by atoms with Gasteiger partial charge in [0.05, 0.1) is 11.8 Å². The summed E-state index contributed by atoms with van der Waals surface area (Å²) in [6, 6.07) is 9.05. The number of nitrogens with zero attached hydrogens (tertiary/aromatic N) is 1. The maximum atomic E-state index is 14.5. The zero-order valence-corrected chi connectivity index (χ0v) is 18.4. The zero-order valence-electron chi connectivity index (χ0n) is 17.6. The van der Waals surface area contributed by atoms with Crippen molar-refractivity contribution in [1.82, 2.24) is 9.62 Å². The molecule has 0 unspecified atom stereocenters. The van der Waals surface area contributed by atoms with Crippen LogP contribution in [0.2, 0.25) is 0 Å². The second-order valence-electron chi connectivity index (χ2n) is 8.65. The van der Waals surface area contributed by atoms with E-state index in [-0.39, 0.29) is 29.3 Å². The maximum absolute atomic E-state index is 14.5. The molecule has 1 N–H and O–H groups in total. The molecule has 1 heterocycles. The van der Waals surface area contributed by atoms with Crippen LogP contribution in [0.5, 0.6) is 0 Å². The van der Waals surface area contributed by atoms with Gasteiger partial charge in [-0.15, -0.1) is 0 Å². The van der Waals surface area contributed by atoms with Gasteiger partial charge in [-0.3, -0.25) is 4.79 Å². The maximum Gasteiger partial charge on any atom is 0.226 e. The molecule has 0 bridgehead atoms. The van der Waals surface area contributed by atoms with Gasteiger partial charge in [-0.05, 0) is 55.4 Å². The summed E-state index contributed by atoms with van der Waals surface area (Å²) in [5.74, 6) is -1.63. The molecular weight excluding hydrogens is 422 g/mol. The number of rotatable bonds is 5. The van der Waals surface area contributed by atoms with Gasteiger partial charge in [-0.25, -0.2) is 21.9 Å². The van der Waals surface area contributed by atoms with Gasteiger partial charge in [-0.1, -0.05) is 29.8 Å². The predicted octanol–water partition coefficient (Wildman–Crippen LogP) is 3.58. The molecule has 2 aromatic carbocycles. The summed E-state index contributed by atoms with van der Waals surface area (Å²) in [4.78, 5) is 14.8. The van der Waals surface area contributed by atoms with Crippen LogP contribution in [0.4, 0.5) is 8.78 Å². The van der Waals surface area contributed by atoms with E-state index in [4.69, 9.17) is 0 Å². The Bertz CT molecular complexity index is 1100. The highest BCUT2D eigenvalue weighted by molar-refractivity contribution is 7.88. The second-order valence-corrected chi connectivity index (χ2v) is 10.4. The molecule has 1 aliphatic heterocycles. The molecule has 1 aliphatic carbocycles. The van der Waals surface area contributed by atoms with Crippen molar-refractivity contribution in [2.75, 3.05) is 19.3 Å². The monoisotopic (exact) mass is 448 g/mol. The lowest BCUT2D eigenvalue weighted by atomic mass is 9.93. The molecule has 5 nitrogen and oxygen atoms in total. The fourth-order valence-electron chi connectivity index (χ4n) is 4.59. The van der Waals surface area contributed by atoms with Gasteiger partial charge in [0.15, 0.2) is 0 Å². The van der Waals surface area contributed by atoms with Crippen LogP contribution in [-0.4, -0.2) is 44.6 Å². The van der Waals surface area contributed by atoms with Gasteiger partial charge >= 0.3 is 0 Å². The Balaban J connectivity index is 1.55. The summed E-state index contributed by atoms with van der Waals surface area (Å²) in [5.41, 5.74) is 2.09. The van der Waals surface area contributed by atoms with Crippen LogP contribution in [0.1, 0.15) is 36.3 Å². The van der Waals surface area contributed by atoms with Crippen molar-refractivity contribution in [3.8, 4) is 11.1 Å². The number of hydrogen-bond donors (Lipinski definition) is 1. The fraction of sp³-hybridized carbons (Fsp3) is 0.435. The Morgan fingerprint density at radius 1 is 1.16 bits per heavy atom. The van der Waals surface area contributed by atoms with Crippen LogP contribution < -0.4 is 4.72 Å². The van der Waals surface area contributed by atoms with Gasteiger partial charge < -0.3 is 4.90 Å². The lowest BCUT2D eigenvalue weighted by Gasteiger charge is -2.33. The molecule has 3 atom stereocenters. The van der Waals surface area contributed by atoms with Crippen LogP contribution >= 0.6 is 0 Å². The Kier molecular flexibility index (Phi) is 5.87. The smallest absolute Gasteiger partial charge is 0.226 e. The molecule has 0 spiro atoms. The molecule has 0 aromatic heterocycles. The van der Waals surface area contributed by atoms with Crippen molar-refractivity contribution in [3.05, 3.63) is 59.2 Å². The Morgan fingerprint density at radius 3 is 2.55 bits per heavy atom. The highest BCUT2D eigenvalue weighted by atomic mass is 32.2. The molecule has 2 aromatic rings. The molecule has 2 aliphatic rings. The summed E-state index contributed by atoms with van der Waals surface area (Å²) < 4.78 is 54.6. The lowest BCUT2D eigenvalue weighted by Crippen LogP contribution is -2.49. The second kappa shape index (κ2) is 8.31. The molecule has 4 rings (SSSR count). The van der Waals surface area contributed by atoms with Gasteiger partial charge in [0.2, 0.25) is 15.9 Å². The molecule has 0 radical (unpaired) electrons. The first-order valence-electron chi connectivity index (χ1n) is 10.4. The first-order valence-corrected chi connectivity index (χ1v) is 12.3. The molecule has 1 saturated heterocycles. The van der Waals surface area contributed by atoms with Crippen molar-refractivity contribution in [1.29, 1.82) is 0 Å². The fourth-order valence-corrected chi connectivity index (χ4v) is 5.39.